The molecule has 0 bridgehead atoms. The minimum atomic E-state index is -0.150. The highest BCUT2D eigenvalue weighted by molar-refractivity contribution is 5.83. The Balaban J connectivity index is 2.40. The van der Waals surface area contributed by atoms with Crippen LogP contribution in [0.25, 0.3) is 0 Å². The van der Waals surface area contributed by atoms with E-state index in [1.165, 1.54) is 9.80 Å². The first kappa shape index (κ1) is 12.8. The van der Waals surface area contributed by atoms with Crippen molar-refractivity contribution >= 4 is 11.9 Å². The molecule has 1 heterocycles. The van der Waals surface area contributed by atoms with Crippen LogP contribution in [-0.4, -0.2) is 80.5 Å². The number of nitrogens with one attached hydrogen (secondary N) is 1. The second-order valence-electron chi connectivity index (χ2n) is 4.16. The van der Waals surface area contributed by atoms with E-state index >= 15 is 0 Å². The molecule has 1 saturated heterocycles. The molecule has 0 aromatic heterocycles. The number of rotatable bonds is 2. The van der Waals surface area contributed by atoms with Gasteiger partial charge in [-0.25, -0.2) is 4.79 Å². The van der Waals surface area contributed by atoms with E-state index in [0.717, 1.165) is 26.2 Å². The quantitative estimate of drug-likeness (QED) is 0.662. The van der Waals surface area contributed by atoms with Gasteiger partial charge in [-0.2, -0.15) is 0 Å². The van der Waals surface area contributed by atoms with Gasteiger partial charge in [-0.1, -0.05) is 0 Å². The maximum Gasteiger partial charge on any atom is 0.319 e. The number of likely N-dealkylation sites (N-methyl/N-ethyl adjacent to an activating group) is 1. The van der Waals surface area contributed by atoms with Gasteiger partial charge in [0.25, 0.3) is 0 Å². The van der Waals surface area contributed by atoms with Crippen molar-refractivity contribution in [2.75, 3.05) is 53.9 Å². The Morgan fingerprint density at radius 3 is 2.25 bits per heavy atom. The summed E-state index contributed by atoms with van der Waals surface area (Å²) >= 11 is 0. The van der Waals surface area contributed by atoms with Gasteiger partial charge >= 0.3 is 6.03 Å². The molecule has 0 spiro atoms. The molecule has 1 fully saturated rings. The first-order valence-corrected chi connectivity index (χ1v) is 5.43. The van der Waals surface area contributed by atoms with E-state index in [2.05, 4.69) is 5.32 Å². The molecule has 6 nitrogen and oxygen atoms in total. The number of amides is 3. The van der Waals surface area contributed by atoms with Crippen LogP contribution in [0.3, 0.4) is 0 Å². The first-order chi connectivity index (χ1) is 7.52. The van der Waals surface area contributed by atoms with Crippen molar-refractivity contribution in [2.24, 2.45) is 0 Å². The Labute approximate surface area is 96.2 Å². The van der Waals surface area contributed by atoms with Gasteiger partial charge < -0.3 is 20.0 Å². The zero-order valence-corrected chi connectivity index (χ0v) is 10.2. The van der Waals surface area contributed by atoms with Crippen molar-refractivity contribution < 1.29 is 9.59 Å². The van der Waals surface area contributed by atoms with E-state index in [1.807, 2.05) is 0 Å². The van der Waals surface area contributed by atoms with E-state index in [-0.39, 0.29) is 18.5 Å². The lowest BCUT2D eigenvalue weighted by Crippen LogP contribution is -2.50. The van der Waals surface area contributed by atoms with Crippen LogP contribution in [0.15, 0.2) is 0 Å². The van der Waals surface area contributed by atoms with Crippen molar-refractivity contribution in [2.45, 2.75) is 0 Å². The summed E-state index contributed by atoms with van der Waals surface area (Å²) in [5.74, 6) is 0.0131. The fourth-order valence-electron chi connectivity index (χ4n) is 1.63. The Morgan fingerprint density at radius 1 is 1.19 bits per heavy atom. The molecule has 0 aromatic rings. The normalized spacial score (nSPS) is 15.8. The summed E-state index contributed by atoms with van der Waals surface area (Å²) in [6, 6.07) is -0.150. The molecular formula is C10H20N4O2. The molecule has 1 aliphatic heterocycles. The number of nitrogens with zero attached hydrogens (tertiary/aromatic N) is 3. The van der Waals surface area contributed by atoms with Crippen LogP contribution >= 0.6 is 0 Å². The lowest BCUT2D eigenvalue weighted by atomic mass is 10.3. The molecule has 3 amide bonds. The van der Waals surface area contributed by atoms with Crippen LogP contribution in [-0.2, 0) is 4.79 Å². The maximum absolute atomic E-state index is 11.8. The van der Waals surface area contributed by atoms with Crippen LogP contribution < -0.4 is 5.32 Å². The van der Waals surface area contributed by atoms with Crippen LogP contribution in [0, 0.1) is 0 Å². The van der Waals surface area contributed by atoms with E-state index in [0.29, 0.717) is 0 Å². The molecule has 0 radical (unpaired) electrons. The average molecular weight is 228 g/mol. The molecule has 0 aliphatic carbocycles. The Hall–Kier alpha value is -1.30. The van der Waals surface area contributed by atoms with E-state index in [4.69, 9.17) is 0 Å². The zero-order chi connectivity index (χ0) is 12.1. The topological polar surface area (TPSA) is 55.9 Å². The molecular weight excluding hydrogens is 208 g/mol. The number of urea groups is 1. The predicted octanol–water partition coefficient (Wildman–Crippen LogP) is -0.968. The summed E-state index contributed by atoms with van der Waals surface area (Å²) < 4.78 is 0. The number of piperazine rings is 1. The Kier molecular flexibility index (Phi) is 4.54. The molecule has 92 valence electrons. The van der Waals surface area contributed by atoms with Gasteiger partial charge in [0.05, 0.1) is 0 Å². The monoisotopic (exact) mass is 228 g/mol. The molecule has 1 N–H and O–H groups in total. The van der Waals surface area contributed by atoms with Gasteiger partial charge in [0, 0.05) is 47.3 Å². The summed E-state index contributed by atoms with van der Waals surface area (Å²) in [5, 5.41) is 3.18. The third-order valence-corrected chi connectivity index (χ3v) is 2.55. The largest absolute Gasteiger partial charge is 0.339 e. The summed E-state index contributed by atoms with van der Waals surface area (Å²) in [7, 11) is 4.99. The second kappa shape index (κ2) is 5.69. The third kappa shape index (κ3) is 3.37. The summed E-state index contributed by atoms with van der Waals surface area (Å²) in [6.45, 7) is 3.26. The van der Waals surface area contributed by atoms with Crippen LogP contribution in [0.4, 0.5) is 4.79 Å². The fourth-order valence-corrected chi connectivity index (χ4v) is 1.63. The zero-order valence-electron chi connectivity index (χ0n) is 10.2. The third-order valence-electron chi connectivity index (χ3n) is 2.55. The highest BCUT2D eigenvalue weighted by Gasteiger charge is 2.20. The standard InChI is InChI=1S/C10H20N4O2/c1-12(2)10(16)13(3)8-9(15)14-6-4-11-5-7-14/h11H,4-8H2,1-3H3. The minimum absolute atomic E-state index is 0.0131. The van der Waals surface area contributed by atoms with Gasteiger partial charge in [-0.15, -0.1) is 0 Å². The van der Waals surface area contributed by atoms with Crippen LogP contribution in [0.2, 0.25) is 0 Å². The lowest BCUT2D eigenvalue weighted by molar-refractivity contribution is -0.132. The highest BCUT2D eigenvalue weighted by Crippen LogP contribution is 1.97. The first-order valence-electron chi connectivity index (χ1n) is 5.43. The van der Waals surface area contributed by atoms with Crippen LogP contribution in [0.5, 0.6) is 0 Å². The summed E-state index contributed by atoms with van der Waals surface area (Å²) in [6.07, 6.45) is 0. The number of hydrogen-bond donors (Lipinski definition) is 1. The van der Waals surface area contributed by atoms with Gasteiger partial charge in [0.2, 0.25) is 5.91 Å². The van der Waals surface area contributed by atoms with E-state index in [9.17, 15) is 9.59 Å². The van der Waals surface area contributed by atoms with Crippen molar-refractivity contribution in [1.29, 1.82) is 0 Å². The van der Waals surface area contributed by atoms with Gasteiger partial charge in [0.15, 0.2) is 0 Å². The van der Waals surface area contributed by atoms with Crippen molar-refractivity contribution in [3.05, 3.63) is 0 Å². The molecule has 0 unspecified atom stereocenters. The number of hydrogen-bond acceptors (Lipinski definition) is 3. The fraction of sp³-hybridized carbons (Fsp3) is 0.800. The SMILES string of the molecule is CN(C)C(=O)N(C)CC(=O)N1CCNCC1. The molecule has 6 heteroatoms. The summed E-state index contributed by atoms with van der Waals surface area (Å²) in [5.41, 5.74) is 0. The molecule has 16 heavy (non-hydrogen) atoms. The van der Waals surface area contributed by atoms with Crippen molar-refractivity contribution in [3.63, 3.8) is 0 Å². The molecule has 1 rings (SSSR count). The van der Waals surface area contributed by atoms with Gasteiger partial charge in [-0.05, 0) is 0 Å². The predicted molar refractivity (Wildman–Crippen MR) is 61.2 cm³/mol. The molecule has 0 saturated carbocycles. The Morgan fingerprint density at radius 2 is 1.75 bits per heavy atom. The number of carbonyl (C=O) groups excluding carboxylic acids is 2. The lowest BCUT2D eigenvalue weighted by Gasteiger charge is -2.29. The molecule has 1 aliphatic rings. The van der Waals surface area contributed by atoms with E-state index < -0.39 is 0 Å². The minimum Gasteiger partial charge on any atom is -0.339 e. The van der Waals surface area contributed by atoms with Gasteiger partial charge in [0.1, 0.15) is 6.54 Å². The molecule has 0 atom stereocenters. The smallest absolute Gasteiger partial charge is 0.319 e. The van der Waals surface area contributed by atoms with Crippen molar-refractivity contribution in [3.8, 4) is 0 Å². The van der Waals surface area contributed by atoms with E-state index in [1.54, 1.807) is 26.0 Å². The average Bonchev–Trinajstić information content (AvgIpc) is 2.28. The van der Waals surface area contributed by atoms with Gasteiger partial charge in [-0.3, -0.25) is 4.79 Å². The highest BCUT2D eigenvalue weighted by atomic mass is 16.2. The Bertz CT molecular complexity index is 262. The number of carbonyl (C=O) groups is 2. The van der Waals surface area contributed by atoms with Crippen molar-refractivity contribution in [1.82, 2.24) is 20.0 Å². The maximum atomic E-state index is 11.8. The molecule has 0 aromatic carbocycles. The second-order valence-corrected chi connectivity index (χ2v) is 4.16. The summed E-state index contributed by atoms with van der Waals surface area (Å²) in [4.78, 5) is 28.0. The van der Waals surface area contributed by atoms with Crippen LogP contribution in [0.1, 0.15) is 0 Å².